The Balaban J connectivity index is 2.48. The van der Waals surface area contributed by atoms with Crippen molar-refractivity contribution in [1.29, 1.82) is 0 Å². The molecule has 0 aliphatic heterocycles. The molecule has 2 aromatic carbocycles. The highest BCUT2D eigenvalue weighted by molar-refractivity contribution is 9.10. The number of nitrogens with two attached hydrogens (primary N) is 1. The zero-order valence-corrected chi connectivity index (χ0v) is 12.8. The number of rotatable bonds is 2. The first-order valence-electron chi connectivity index (χ1n) is 5.58. The molecule has 0 spiro atoms. The van der Waals surface area contributed by atoms with E-state index in [-0.39, 0.29) is 28.6 Å². The lowest BCUT2D eigenvalue weighted by molar-refractivity contribution is -0.138. The number of ether oxygens (including phenoxy) is 1. The van der Waals surface area contributed by atoms with Gasteiger partial charge in [0.2, 0.25) is 0 Å². The topological polar surface area (TPSA) is 35.2 Å². The van der Waals surface area contributed by atoms with Gasteiger partial charge in [-0.2, -0.15) is 13.2 Å². The van der Waals surface area contributed by atoms with Crippen LogP contribution in [0.2, 0.25) is 5.02 Å². The van der Waals surface area contributed by atoms with Crippen molar-refractivity contribution in [2.24, 2.45) is 0 Å². The fourth-order valence-electron chi connectivity index (χ4n) is 1.61. The third-order valence-corrected chi connectivity index (χ3v) is 3.31. The quantitative estimate of drug-likeness (QED) is 0.511. The first kappa shape index (κ1) is 16.8. The van der Waals surface area contributed by atoms with Crippen LogP contribution in [0.4, 0.5) is 27.6 Å². The van der Waals surface area contributed by atoms with E-state index in [0.29, 0.717) is 4.47 Å². The van der Waals surface area contributed by atoms with Crippen LogP contribution in [-0.4, -0.2) is 0 Å². The molecular weight excluding hydrogens is 396 g/mol. The standard InChI is InChI=1S/C13H6BrClF5NO/c14-6-3-7(15)11(10(21)4-6)22-12-8(16)1-5(2-9(12)17)13(18,19)20/h1-4H,21H2. The largest absolute Gasteiger partial charge is 0.447 e. The van der Waals surface area contributed by atoms with Crippen LogP contribution >= 0.6 is 27.5 Å². The molecule has 118 valence electrons. The molecule has 22 heavy (non-hydrogen) atoms. The van der Waals surface area contributed by atoms with Gasteiger partial charge in [0.05, 0.1) is 16.3 Å². The smallest absolute Gasteiger partial charge is 0.416 e. The van der Waals surface area contributed by atoms with Crippen LogP contribution in [0.15, 0.2) is 28.7 Å². The molecule has 0 amide bonds. The van der Waals surface area contributed by atoms with E-state index in [4.69, 9.17) is 22.1 Å². The van der Waals surface area contributed by atoms with E-state index in [0.717, 1.165) is 0 Å². The first-order valence-corrected chi connectivity index (χ1v) is 6.75. The Labute approximate surface area is 134 Å². The molecule has 2 nitrogen and oxygen atoms in total. The summed E-state index contributed by atoms with van der Waals surface area (Å²) in [6.07, 6.45) is -4.88. The van der Waals surface area contributed by atoms with Gasteiger partial charge in [0.15, 0.2) is 23.1 Å². The summed E-state index contributed by atoms with van der Waals surface area (Å²) in [4.78, 5) is 0. The van der Waals surface area contributed by atoms with Gasteiger partial charge in [-0.15, -0.1) is 0 Å². The van der Waals surface area contributed by atoms with Gasteiger partial charge in [-0.05, 0) is 24.3 Å². The molecule has 0 bridgehead atoms. The van der Waals surface area contributed by atoms with Crippen molar-refractivity contribution >= 4 is 33.2 Å². The van der Waals surface area contributed by atoms with Gasteiger partial charge in [-0.1, -0.05) is 27.5 Å². The van der Waals surface area contributed by atoms with Crippen LogP contribution in [-0.2, 0) is 6.18 Å². The maximum Gasteiger partial charge on any atom is 0.416 e. The van der Waals surface area contributed by atoms with Crippen molar-refractivity contribution in [3.8, 4) is 11.5 Å². The van der Waals surface area contributed by atoms with Gasteiger partial charge in [-0.3, -0.25) is 0 Å². The van der Waals surface area contributed by atoms with E-state index in [1.807, 2.05) is 0 Å². The van der Waals surface area contributed by atoms with Gasteiger partial charge in [0, 0.05) is 4.47 Å². The Morgan fingerprint density at radius 3 is 2.00 bits per heavy atom. The number of alkyl halides is 3. The lowest BCUT2D eigenvalue weighted by Gasteiger charge is -2.14. The SMILES string of the molecule is Nc1cc(Br)cc(Cl)c1Oc1c(F)cc(C(F)(F)F)cc1F. The summed E-state index contributed by atoms with van der Waals surface area (Å²) < 4.78 is 70.2. The first-order chi connectivity index (χ1) is 10.1. The van der Waals surface area contributed by atoms with Crippen LogP contribution in [0, 0.1) is 11.6 Å². The maximum atomic E-state index is 13.7. The molecule has 9 heteroatoms. The second-order valence-corrected chi connectivity index (χ2v) is 5.50. The molecule has 2 N–H and O–H groups in total. The van der Waals surface area contributed by atoms with E-state index in [2.05, 4.69) is 15.9 Å². The van der Waals surface area contributed by atoms with Crippen LogP contribution < -0.4 is 10.5 Å². The zero-order chi connectivity index (χ0) is 16.7. The molecule has 0 aliphatic rings. The summed E-state index contributed by atoms with van der Waals surface area (Å²) in [5.41, 5.74) is 4.09. The Hall–Kier alpha value is -1.54. The molecule has 2 aromatic rings. The predicted octanol–water partition coefficient (Wildman–Crippen LogP) is 5.77. The fourth-order valence-corrected chi connectivity index (χ4v) is 2.48. The summed E-state index contributed by atoms with van der Waals surface area (Å²) >= 11 is 8.93. The third kappa shape index (κ3) is 3.44. The van der Waals surface area contributed by atoms with Crippen molar-refractivity contribution < 1.29 is 26.7 Å². The summed E-state index contributed by atoms with van der Waals surface area (Å²) in [5.74, 6) is -4.33. The van der Waals surface area contributed by atoms with Crippen LogP contribution in [0.25, 0.3) is 0 Å². The zero-order valence-electron chi connectivity index (χ0n) is 10.4. The van der Waals surface area contributed by atoms with Crippen LogP contribution in [0.1, 0.15) is 5.56 Å². The van der Waals surface area contributed by atoms with Crippen molar-refractivity contribution in [2.45, 2.75) is 6.18 Å². The number of benzene rings is 2. The van der Waals surface area contributed by atoms with Gasteiger partial charge in [0.25, 0.3) is 0 Å². The average Bonchev–Trinajstić information content (AvgIpc) is 2.34. The predicted molar refractivity (Wildman–Crippen MR) is 75.0 cm³/mol. The Bertz CT molecular complexity index is 689. The Kier molecular flexibility index (Phi) is 4.53. The van der Waals surface area contributed by atoms with Gasteiger partial charge < -0.3 is 10.5 Å². The molecular formula is C13H6BrClF5NO. The molecule has 0 fully saturated rings. The van der Waals surface area contributed by atoms with Crippen molar-refractivity contribution in [2.75, 3.05) is 5.73 Å². The van der Waals surface area contributed by atoms with E-state index in [1.54, 1.807) is 0 Å². The average molecular weight is 403 g/mol. The monoisotopic (exact) mass is 401 g/mol. The maximum absolute atomic E-state index is 13.7. The Morgan fingerprint density at radius 1 is 1.00 bits per heavy atom. The molecule has 0 aromatic heterocycles. The van der Waals surface area contributed by atoms with Crippen molar-refractivity contribution in [3.05, 3.63) is 51.0 Å². The second-order valence-electron chi connectivity index (χ2n) is 4.17. The molecule has 0 aliphatic carbocycles. The van der Waals surface area contributed by atoms with E-state index in [1.165, 1.54) is 12.1 Å². The summed E-state index contributed by atoms with van der Waals surface area (Å²) in [6, 6.07) is 2.97. The molecule has 0 saturated carbocycles. The number of anilines is 1. The highest BCUT2D eigenvalue weighted by Crippen LogP contribution is 2.40. The van der Waals surface area contributed by atoms with Gasteiger partial charge in [-0.25, -0.2) is 8.78 Å². The number of hydrogen-bond acceptors (Lipinski definition) is 2. The number of halogens is 7. The van der Waals surface area contributed by atoms with Crippen LogP contribution in [0.3, 0.4) is 0 Å². The highest BCUT2D eigenvalue weighted by Gasteiger charge is 2.33. The molecule has 0 atom stereocenters. The molecule has 2 rings (SSSR count). The highest BCUT2D eigenvalue weighted by atomic mass is 79.9. The van der Waals surface area contributed by atoms with Crippen LogP contribution in [0.5, 0.6) is 11.5 Å². The minimum absolute atomic E-state index is 0.0435. The normalized spacial score (nSPS) is 11.6. The summed E-state index contributed by atoms with van der Waals surface area (Å²) in [6.45, 7) is 0. The minimum atomic E-state index is -4.88. The molecule has 0 saturated heterocycles. The summed E-state index contributed by atoms with van der Waals surface area (Å²) in [7, 11) is 0. The lowest BCUT2D eigenvalue weighted by Crippen LogP contribution is -2.07. The molecule has 0 radical (unpaired) electrons. The van der Waals surface area contributed by atoms with Crippen molar-refractivity contribution in [3.63, 3.8) is 0 Å². The number of nitrogen functional groups attached to an aromatic ring is 1. The van der Waals surface area contributed by atoms with Gasteiger partial charge in [0.1, 0.15) is 0 Å². The second kappa shape index (κ2) is 5.92. The molecule has 0 unspecified atom stereocenters. The Morgan fingerprint density at radius 2 is 1.55 bits per heavy atom. The van der Waals surface area contributed by atoms with E-state index >= 15 is 0 Å². The fraction of sp³-hybridized carbons (Fsp3) is 0.0769. The third-order valence-electron chi connectivity index (χ3n) is 2.57. The minimum Gasteiger partial charge on any atom is -0.447 e. The van der Waals surface area contributed by atoms with E-state index < -0.39 is 29.1 Å². The van der Waals surface area contributed by atoms with E-state index in [9.17, 15) is 22.0 Å². The number of hydrogen-bond donors (Lipinski definition) is 1. The van der Waals surface area contributed by atoms with Gasteiger partial charge >= 0.3 is 6.18 Å². The lowest BCUT2D eigenvalue weighted by atomic mass is 10.2. The van der Waals surface area contributed by atoms with Crippen molar-refractivity contribution in [1.82, 2.24) is 0 Å². The molecule has 0 heterocycles. The summed E-state index contributed by atoms with van der Waals surface area (Å²) in [5, 5.41) is -0.0643.